The number of hydrogen-bond donors (Lipinski definition) is 4. The first-order valence-electron chi connectivity index (χ1n) is 28.7. The molecule has 85 heavy (non-hydrogen) atoms. The van der Waals surface area contributed by atoms with Crippen molar-refractivity contribution in [3.63, 3.8) is 0 Å². The van der Waals surface area contributed by atoms with Crippen molar-refractivity contribution >= 4 is 82.0 Å². The van der Waals surface area contributed by atoms with E-state index in [0.29, 0.717) is 103 Å². The van der Waals surface area contributed by atoms with Crippen LogP contribution < -0.4 is 34.9 Å². The number of phenolic OH excluding ortho intramolecular Hbond substituents is 1. The maximum absolute atomic E-state index is 14.3. The third-order valence-corrected chi connectivity index (χ3v) is 15.6. The third-order valence-electron chi connectivity index (χ3n) is 15.6. The second-order valence-corrected chi connectivity index (χ2v) is 24.1. The number of methoxy groups -OCH3 is 2. The molecule has 446 valence electrons. The first kappa shape index (κ1) is 60.5. The minimum absolute atomic E-state index is 0.161. The quantitative estimate of drug-likeness (QED) is 0.0379. The number of phenols is 1. The van der Waals surface area contributed by atoms with Crippen LogP contribution in [-0.4, -0.2) is 132 Å². The number of aliphatic imine (C=N–C) groups is 2. The molecular weight excluding hydrogens is 1080 g/mol. The van der Waals surface area contributed by atoms with Crippen LogP contribution in [0.3, 0.4) is 0 Å². The number of carbonyl (C=O) groups is 7. The van der Waals surface area contributed by atoms with E-state index in [4.69, 9.17) is 28.9 Å². The van der Waals surface area contributed by atoms with Gasteiger partial charge in [-0.05, 0) is 102 Å². The maximum Gasteiger partial charge on any atom is 0.260 e. The number of anilines is 1. The summed E-state index contributed by atoms with van der Waals surface area (Å²) in [5, 5.41) is 18.1. The second kappa shape index (κ2) is 25.4. The molecule has 0 spiro atoms. The van der Waals surface area contributed by atoms with E-state index in [1.807, 2.05) is 36.7 Å². The van der Waals surface area contributed by atoms with E-state index in [1.54, 1.807) is 98.6 Å². The van der Waals surface area contributed by atoms with Crippen molar-refractivity contribution in [1.82, 2.24) is 25.3 Å². The number of hydrogen-bond acceptors (Lipinski definition) is 14. The number of nitrogens with one attached hydrogen (secondary N) is 3. The number of benzene rings is 4. The number of unbranched alkanes of at least 4 members (excludes halogenated alkanes) is 2. The Morgan fingerprint density at radius 2 is 1.14 bits per heavy atom. The van der Waals surface area contributed by atoms with E-state index >= 15 is 0 Å². The standard InChI is InChI=1S/C65H74N8O12/c1-38(2)59(70-56(75)13-11-10-12-24-71-57(76)22-23-58(71)77)61(79)68-39(3)60(78)69-44-18-14-40(15-19-44)42-25-45-31-66-50-29-54(52(82-8)27-48(50)62(80)72(45)33-42)84-36-64(4,5)35-65(6,7)37-85-55-30-51-49(28-53(55)83-9)63(81)73-34-43(26-46(73)32-67-51)41-16-20-47(74)21-17-41/h14-23,27-34,38-39,45-46,59,74H,10-13,24-26,35-37H2,1-9H3,(H,68,79)(H,69,78)(H,70,75)/t39-,45-,46-,59?/m0/s1. The molecule has 20 nitrogen and oxygen atoms in total. The predicted octanol–water partition coefficient (Wildman–Crippen LogP) is 9.32. The van der Waals surface area contributed by atoms with Gasteiger partial charge in [-0.1, -0.05) is 72.2 Å². The van der Waals surface area contributed by atoms with Gasteiger partial charge in [0.2, 0.25) is 17.7 Å². The SMILES string of the molecule is COc1cc2c(cc1OCC(C)(C)CC(C)(C)COc1cc3c(cc1OC)C(=O)N1C=C(c4ccc(NC(=O)[C@H](C)NC(=O)C(NC(=O)CCCCCN5C(=O)C=CC5=O)C(C)C)cc4)C[C@H]1C=N3)N=C[C@@H]1CC(c3ccc(O)cc3)=CN1C2=O. The highest BCUT2D eigenvalue weighted by Crippen LogP contribution is 2.44. The molecule has 4 N–H and O–H groups in total. The number of imide groups is 1. The van der Waals surface area contributed by atoms with E-state index in [2.05, 4.69) is 43.6 Å². The zero-order chi connectivity index (χ0) is 60.9. The lowest BCUT2D eigenvalue weighted by Crippen LogP contribution is -2.53. The van der Waals surface area contributed by atoms with Crippen LogP contribution >= 0.6 is 0 Å². The lowest BCUT2D eigenvalue weighted by molar-refractivity contribution is -0.137. The monoisotopic (exact) mass is 1160 g/mol. The summed E-state index contributed by atoms with van der Waals surface area (Å²) in [5.74, 6) is -0.743. The summed E-state index contributed by atoms with van der Waals surface area (Å²) in [6.07, 6.45) is 13.3. The Kier molecular flexibility index (Phi) is 18.1. The number of aromatic hydroxyl groups is 1. The lowest BCUT2D eigenvalue weighted by atomic mass is 9.76. The Balaban J connectivity index is 0.753. The highest BCUT2D eigenvalue weighted by Gasteiger charge is 2.37. The van der Waals surface area contributed by atoms with E-state index in [9.17, 15) is 38.7 Å². The largest absolute Gasteiger partial charge is 0.508 e. The third kappa shape index (κ3) is 14.1. The van der Waals surface area contributed by atoms with E-state index in [1.165, 1.54) is 19.3 Å². The lowest BCUT2D eigenvalue weighted by Gasteiger charge is -2.35. The van der Waals surface area contributed by atoms with Gasteiger partial charge in [0.1, 0.15) is 17.8 Å². The second-order valence-electron chi connectivity index (χ2n) is 24.1. The Labute approximate surface area is 495 Å². The Bertz CT molecular complexity index is 3420. The van der Waals surface area contributed by atoms with E-state index < -0.39 is 23.9 Å². The van der Waals surface area contributed by atoms with Crippen LogP contribution in [0.2, 0.25) is 0 Å². The van der Waals surface area contributed by atoms with Crippen molar-refractivity contribution in [2.45, 2.75) is 118 Å². The van der Waals surface area contributed by atoms with Crippen LogP contribution in [0.4, 0.5) is 17.1 Å². The number of carbonyl (C=O) groups excluding carboxylic acids is 7. The van der Waals surface area contributed by atoms with Crippen LogP contribution in [0.15, 0.2) is 107 Å². The average molecular weight is 1160 g/mol. The summed E-state index contributed by atoms with van der Waals surface area (Å²) in [7, 11) is 3.07. The van der Waals surface area contributed by atoms with Gasteiger partial charge >= 0.3 is 0 Å². The molecule has 0 aromatic heterocycles. The van der Waals surface area contributed by atoms with Crippen LogP contribution in [0, 0.1) is 16.7 Å². The predicted molar refractivity (Wildman–Crippen MR) is 322 cm³/mol. The molecule has 9 rings (SSSR count). The van der Waals surface area contributed by atoms with Gasteiger partial charge in [-0.2, -0.15) is 0 Å². The van der Waals surface area contributed by atoms with Crippen molar-refractivity contribution in [2.75, 3.05) is 39.3 Å². The molecule has 0 saturated carbocycles. The molecule has 4 aromatic carbocycles. The van der Waals surface area contributed by atoms with Gasteiger partial charge in [0, 0.05) is 80.6 Å². The van der Waals surface area contributed by atoms with Gasteiger partial charge in [0.25, 0.3) is 23.6 Å². The number of fused-ring (bicyclic) bond motifs is 4. The van der Waals surface area contributed by atoms with Crippen LogP contribution in [0.5, 0.6) is 28.7 Å². The van der Waals surface area contributed by atoms with E-state index in [0.717, 1.165) is 27.2 Å². The number of nitrogens with zero attached hydrogens (tertiary/aromatic N) is 5. The fourth-order valence-corrected chi connectivity index (χ4v) is 11.3. The molecule has 4 atom stereocenters. The molecule has 4 aromatic rings. The fourth-order valence-electron chi connectivity index (χ4n) is 11.3. The summed E-state index contributed by atoms with van der Waals surface area (Å²) in [6.45, 7) is 14.5. The normalized spacial score (nSPS) is 17.7. The number of ether oxygens (including phenoxy) is 4. The van der Waals surface area contributed by atoms with Gasteiger partial charge < -0.3 is 49.8 Å². The van der Waals surface area contributed by atoms with Gasteiger partial charge in [-0.15, -0.1) is 0 Å². The summed E-state index contributed by atoms with van der Waals surface area (Å²) in [6, 6.07) is 18.6. The van der Waals surface area contributed by atoms with Crippen LogP contribution in [-0.2, 0) is 24.0 Å². The first-order chi connectivity index (χ1) is 40.5. The summed E-state index contributed by atoms with van der Waals surface area (Å²) >= 11 is 0. The van der Waals surface area contributed by atoms with Crippen molar-refractivity contribution in [1.29, 1.82) is 0 Å². The zero-order valence-electron chi connectivity index (χ0n) is 49.5. The fraction of sp³-hybridized carbons (Fsp3) is 0.400. The van der Waals surface area contributed by atoms with Crippen molar-refractivity contribution < 1.29 is 57.6 Å². The summed E-state index contributed by atoms with van der Waals surface area (Å²) in [5.41, 5.74) is 5.12. The molecule has 0 fully saturated rings. The highest BCUT2D eigenvalue weighted by atomic mass is 16.5. The zero-order valence-corrected chi connectivity index (χ0v) is 49.5. The molecule has 0 radical (unpaired) electrons. The van der Waals surface area contributed by atoms with Crippen molar-refractivity contribution in [3.8, 4) is 28.7 Å². The average Bonchev–Trinajstić information content (AvgIpc) is 2.48. The highest BCUT2D eigenvalue weighted by molar-refractivity contribution is 6.13. The molecule has 0 saturated heterocycles. The Morgan fingerprint density at radius 1 is 0.647 bits per heavy atom. The van der Waals surface area contributed by atoms with Crippen LogP contribution in [0.1, 0.15) is 125 Å². The Morgan fingerprint density at radius 3 is 1.62 bits per heavy atom. The molecule has 0 aliphatic carbocycles. The number of amides is 7. The van der Waals surface area contributed by atoms with Crippen LogP contribution in [0.25, 0.3) is 11.1 Å². The van der Waals surface area contributed by atoms with Gasteiger partial charge in [-0.3, -0.25) is 48.4 Å². The molecule has 20 heteroatoms. The van der Waals surface area contributed by atoms with E-state index in [-0.39, 0.29) is 77.1 Å². The van der Waals surface area contributed by atoms with Gasteiger partial charge in [0.15, 0.2) is 23.0 Å². The summed E-state index contributed by atoms with van der Waals surface area (Å²) in [4.78, 5) is 105. The minimum atomic E-state index is -0.928. The molecule has 5 aliphatic heterocycles. The maximum atomic E-state index is 14.3. The van der Waals surface area contributed by atoms with Crippen molar-refractivity contribution in [2.24, 2.45) is 26.7 Å². The Hall–Kier alpha value is -9.07. The minimum Gasteiger partial charge on any atom is -0.508 e. The molecule has 5 heterocycles. The van der Waals surface area contributed by atoms with Gasteiger partial charge in [-0.25, -0.2) is 0 Å². The molecular formula is C65H74N8O12. The summed E-state index contributed by atoms with van der Waals surface area (Å²) < 4.78 is 24.5. The molecule has 1 unspecified atom stereocenters. The molecule has 5 aliphatic rings. The smallest absolute Gasteiger partial charge is 0.260 e. The first-order valence-corrected chi connectivity index (χ1v) is 28.7. The van der Waals surface area contributed by atoms with Gasteiger partial charge in [0.05, 0.1) is 62.0 Å². The molecule has 7 amide bonds. The molecule has 0 bridgehead atoms. The van der Waals surface area contributed by atoms with Crippen molar-refractivity contribution in [3.05, 3.63) is 120 Å². The topological polar surface area (TPSA) is 247 Å². The number of rotatable bonds is 24.